The van der Waals surface area contributed by atoms with Crippen molar-refractivity contribution in [3.05, 3.63) is 107 Å². The van der Waals surface area contributed by atoms with Gasteiger partial charge in [0.15, 0.2) is 0 Å². The van der Waals surface area contributed by atoms with Gasteiger partial charge in [0, 0.05) is 22.4 Å². The highest BCUT2D eigenvalue weighted by Gasteiger charge is 2.44. The lowest BCUT2D eigenvalue weighted by Gasteiger charge is -2.24. The highest BCUT2D eigenvalue weighted by molar-refractivity contribution is 7.93. The summed E-state index contributed by atoms with van der Waals surface area (Å²) in [6.45, 7) is 0. The van der Waals surface area contributed by atoms with E-state index in [-0.39, 0.29) is 22.6 Å². The number of nitrogens with zero attached hydrogens (tertiary/aromatic N) is 1. The van der Waals surface area contributed by atoms with E-state index in [0.29, 0.717) is 17.1 Å². The van der Waals surface area contributed by atoms with Crippen LogP contribution in [0.5, 0.6) is 0 Å². The monoisotopic (exact) mass is 474 g/mol. The Morgan fingerprint density at radius 3 is 1.97 bits per heavy atom. The molecule has 0 spiro atoms. The van der Waals surface area contributed by atoms with Crippen molar-refractivity contribution < 1.29 is 13.2 Å². The zero-order valence-electron chi connectivity index (χ0n) is 17.7. The molecule has 0 aliphatic heterocycles. The Kier molecular flexibility index (Phi) is 5.74. The Morgan fingerprint density at radius 1 is 0.818 bits per heavy atom. The van der Waals surface area contributed by atoms with Gasteiger partial charge in [0.2, 0.25) is 5.91 Å². The Hall–Kier alpha value is -3.42. The lowest BCUT2D eigenvalue weighted by Crippen LogP contribution is -2.26. The van der Waals surface area contributed by atoms with Crippen molar-refractivity contribution in [2.24, 2.45) is 5.92 Å². The van der Waals surface area contributed by atoms with Gasteiger partial charge in [0.05, 0.1) is 16.3 Å². The number of benzene rings is 3. The molecule has 2 unspecified atom stereocenters. The Bertz CT molecular complexity index is 1300. The van der Waals surface area contributed by atoms with E-state index < -0.39 is 10.0 Å². The summed E-state index contributed by atoms with van der Waals surface area (Å²) in [5.41, 5.74) is 1.69. The molecular formula is C26H22N2O3S2. The topological polar surface area (TPSA) is 66.5 Å². The van der Waals surface area contributed by atoms with Crippen LogP contribution in [0.1, 0.15) is 17.2 Å². The molecule has 1 aromatic heterocycles. The highest BCUT2D eigenvalue weighted by Crippen LogP contribution is 2.49. The van der Waals surface area contributed by atoms with Crippen LogP contribution in [0.15, 0.2) is 107 Å². The molecule has 5 rings (SSSR count). The number of hydrogen-bond donors (Lipinski definition) is 1. The number of rotatable bonds is 7. The summed E-state index contributed by atoms with van der Waals surface area (Å²) in [6.07, 6.45) is 0.849. The van der Waals surface area contributed by atoms with Crippen LogP contribution in [0.2, 0.25) is 0 Å². The first-order valence-corrected chi connectivity index (χ1v) is 13.0. The molecule has 0 bridgehead atoms. The Labute approximate surface area is 197 Å². The fourth-order valence-corrected chi connectivity index (χ4v) is 6.30. The van der Waals surface area contributed by atoms with Gasteiger partial charge in [-0.1, -0.05) is 42.5 Å². The van der Waals surface area contributed by atoms with Crippen molar-refractivity contribution in [2.75, 3.05) is 9.62 Å². The summed E-state index contributed by atoms with van der Waals surface area (Å²) in [6, 6.07) is 28.4. The molecule has 1 heterocycles. The number of carbonyl (C=O) groups is 1. The average molecular weight is 475 g/mol. The van der Waals surface area contributed by atoms with Crippen LogP contribution >= 0.6 is 11.3 Å². The molecule has 7 heteroatoms. The fourth-order valence-electron chi connectivity index (χ4n) is 3.91. The number of hydrogen-bond acceptors (Lipinski definition) is 4. The molecule has 0 radical (unpaired) electrons. The van der Waals surface area contributed by atoms with Crippen molar-refractivity contribution >= 4 is 44.3 Å². The van der Waals surface area contributed by atoms with Gasteiger partial charge in [-0.15, -0.1) is 11.3 Å². The number of nitrogens with one attached hydrogen (secondary N) is 1. The van der Waals surface area contributed by atoms with E-state index in [1.54, 1.807) is 72.0 Å². The summed E-state index contributed by atoms with van der Waals surface area (Å²) in [5.74, 6) is 0.230. The minimum Gasteiger partial charge on any atom is -0.326 e. The van der Waals surface area contributed by atoms with Gasteiger partial charge in [-0.25, -0.2) is 12.7 Å². The maximum Gasteiger partial charge on any atom is 0.268 e. The molecule has 2 atom stereocenters. The van der Waals surface area contributed by atoms with Gasteiger partial charge in [0.25, 0.3) is 10.0 Å². The highest BCUT2D eigenvalue weighted by atomic mass is 32.2. The van der Waals surface area contributed by atoms with Crippen molar-refractivity contribution in [3.63, 3.8) is 0 Å². The summed E-state index contributed by atoms with van der Waals surface area (Å²) >= 11 is 1.67. The summed E-state index contributed by atoms with van der Waals surface area (Å²) in [7, 11) is -3.87. The normalized spacial score (nSPS) is 17.3. The fraction of sp³-hybridized carbons (Fsp3) is 0.115. The number of amides is 1. The van der Waals surface area contributed by atoms with Crippen molar-refractivity contribution in [3.8, 4) is 0 Å². The lowest BCUT2D eigenvalue weighted by molar-refractivity contribution is -0.117. The van der Waals surface area contributed by atoms with Gasteiger partial charge in [0.1, 0.15) is 0 Å². The first-order chi connectivity index (χ1) is 16.0. The smallest absolute Gasteiger partial charge is 0.268 e. The van der Waals surface area contributed by atoms with Crippen LogP contribution in [0.3, 0.4) is 0 Å². The maximum absolute atomic E-state index is 13.6. The van der Waals surface area contributed by atoms with Crippen LogP contribution in [-0.2, 0) is 14.8 Å². The van der Waals surface area contributed by atoms with Gasteiger partial charge < -0.3 is 5.32 Å². The zero-order valence-corrected chi connectivity index (χ0v) is 19.3. The third kappa shape index (κ3) is 4.42. The summed E-state index contributed by atoms with van der Waals surface area (Å²) in [4.78, 5) is 14.0. The summed E-state index contributed by atoms with van der Waals surface area (Å²) in [5, 5.41) is 4.95. The predicted molar refractivity (Wildman–Crippen MR) is 132 cm³/mol. The van der Waals surface area contributed by atoms with Crippen LogP contribution in [0, 0.1) is 5.92 Å². The van der Waals surface area contributed by atoms with Crippen LogP contribution < -0.4 is 9.62 Å². The number of carbonyl (C=O) groups excluding carboxylic acids is 1. The lowest BCUT2D eigenvalue weighted by atomic mass is 10.2. The Balaban J connectivity index is 1.36. The first-order valence-electron chi connectivity index (χ1n) is 10.6. The van der Waals surface area contributed by atoms with Crippen molar-refractivity contribution in [2.45, 2.75) is 17.2 Å². The van der Waals surface area contributed by atoms with E-state index in [1.807, 2.05) is 23.6 Å². The van der Waals surface area contributed by atoms with Crippen LogP contribution in [0.4, 0.5) is 17.1 Å². The molecule has 33 heavy (non-hydrogen) atoms. The minimum atomic E-state index is -3.87. The molecule has 0 saturated heterocycles. The molecular weight excluding hydrogens is 452 g/mol. The van der Waals surface area contributed by atoms with Gasteiger partial charge in [-0.2, -0.15) is 0 Å². The molecule has 1 amide bonds. The van der Waals surface area contributed by atoms with E-state index in [4.69, 9.17) is 0 Å². The van der Waals surface area contributed by atoms with Crippen LogP contribution in [0.25, 0.3) is 0 Å². The molecule has 1 aliphatic rings. The van der Waals surface area contributed by atoms with Crippen LogP contribution in [-0.4, -0.2) is 14.3 Å². The van der Waals surface area contributed by atoms with Gasteiger partial charge >= 0.3 is 0 Å². The minimum absolute atomic E-state index is 0.0285. The number of thiophene rings is 1. The second-order valence-corrected chi connectivity index (χ2v) is 10.7. The molecule has 1 aliphatic carbocycles. The third-order valence-electron chi connectivity index (χ3n) is 5.68. The van der Waals surface area contributed by atoms with E-state index in [9.17, 15) is 13.2 Å². The van der Waals surface area contributed by atoms with E-state index in [0.717, 1.165) is 6.42 Å². The maximum atomic E-state index is 13.6. The number of anilines is 3. The van der Waals surface area contributed by atoms with E-state index in [2.05, 4.69) is 11.4 Å². The van der Waals surface area contributed by atoms with Crippen molar-refractivity contribution in [1.82, 2.24) is 0 Å². The molecule has 5 nitrogen and oxygen atoms in total. The quantitative estimate of drug-likeness (QED) is 0.356. The summed E-state index contributed by atoms with van der Waals surface area (Å²) < 4.78 is 28.5. The molecule has 1 saturated carbocycles. The van der Waals surface area contributed by atoms with Gasteiger partial charge in [-0.05, 0) is 66.4 Å². The zero-order chi connectivity index (χ0) is 22.8. The first kappa shape index (κ1) is 21.4. The number of para-hydroxylation sites is 2. The SMILES string of the molecule is O=C(Nc1ccc(S(=O)(=O)N(c2ccccc2)c2ccccc2)cc1)C1CC1c1cccs1. The molecule has 166 valence electrons. The second kappa shape index (κ2) is 8.84. The molecule has 1 N–H and O–H groups in total. The number of sulfonamides is 1. The van der Waals surface area contributed by atoms with E-state index >= 15 is 0 Å². The largest absolute Gasteiger partial charge is 0.326 e. The van der Waals surface area contributed by atoms with Crippen molar-refractivity contribution in [1.29, 1.82) is 0 Å². The molecule has 1 fully saturated rings. The second-order valence-electron chi connectivity index (χ2n) is 7.92. The van der Waals surface area contributed by atoms with E-state index in [1.165, 1.54) is 21.3 Å². The molecule has 3 aromatic carbocycles. The standard InChI is InChI=1S/C26H22N2O3S2/c29-26(24-18-23(24)25-12-7-17-32-25)27-19-13-15-22(16-14-19)33(30,31)28(20-8-3-1-4-9-20)21-10-5-2-6-11-21/h1-17,23-24H,18H2,(H,27,29). The Morgan fingerprint density at radius 2 is 1.42 bits per heavy atom. The third-order valence-corrected chi connectivity index (χ3v) is 8.45. The molecule has 4 aromatic rings. The predicted octanol–water partition coefficient (Wildman–Crippen LogP) is 6.02. The van der Waals surface area contributed by atoms with Gasteiger partial charge in [-0.3, -0.25) is 4.79 Å². The average Bonchev–Trinajstić information content (AvgIpc) is 3.46.